The van der Waals surface area contributed by atoms with Gasteiger partial charge in [-0.25, -0.2) is 0 Å². The van der Waals surface area contributed by atoms with Gasteiger partial charge in [0.2, 0.25) is 0 Å². The van der Waals surface area contributed by atoms with Gasteiger partial charge in [0.05, 0.1) is 18.8 Å². The van der Waals surface area contributed by atoms with E-state index in [1.807, 2.05) is 0 Å². The van der Waals surface area contributed by atoms with Crippen LogP contribution in [0.1, 0.15) is 59.3 Å². The molecule has 3 heteroatoms. The van der Waals surface area contributed by atoms with Crippen molar-refractivity contribution in [3.05, 3.63) is 0 Å². The van der Waals surface area contributed by atoms with E-state index in [1.165, 1.54) is 38.5 Å². The summed E-state index contributed by atoms with van der Waals surface area (Å²) in [6, 6.07) is 0. The molecule has 1 saturated heterocycles. The molecule has 0 aromatic heterocycles. The zero-order valence-corrected chi connectivity index (χ0v) is 14.3. The van der Waals surface area contributed by atoms with Crippen molar-refractivity contribution in [2.75, 3.05) is 26.2 Å². The van der Waals surface area contributed by atoms with Crippen LogP contribution >= 0.6 is 0 Å². The minimum Gasteiger partial charge on any atom is -0.389 e. The lowest BCUT2D eigenvalue weighted by atomic mass is 9.75. The van der Waals surface area contributed by atoms with Gasteiger partial charge in [0.15, 0.2) is 0 Å². The molecule has 4 atom stereocenters. The minimum absolute atomic E-state index is 0.326. The Bertz CT molecular complexity index is 289. The van der Waals surface area contributed by atoms with Crippen molar-refractivity contribution in [3.8, 4) is 0 Å². The number of aliphatic hydroxyl groups is 1. The van der Waals surface area contributed by atoms with E-state index in [0.29, 0.717) is 24.5 Å². The second-order valence-electron chi connectivity index (χ2n) is 7.71. The Balaban J connectivity index is 1.73. The van der Waals surface area contributed by atoms with Gasteiger partial charge in [0, 0.05) is 6.54 Å². The molecule has 1 aliphatic heterocycles. The molecule has 1 saturated carbocycles. The maximum atomic E-state index is 10.3. The summed E-state index contributed by atoms with van der Waals surface area (Å²) >= 11 is 0. The van der Waals surface area contributed by atoms with Crippen molar-refractivity contribution in [2.45, 2.75) is 71.5 Å². The number of piperidine rings is 1. The van der Waals surface area contributed by atoms with Crippen LogP contribution in [-0.2, 0) is 4.74 Å². The predicted molar refractivity (Wildman–Crippen MR) is 87.4 cm³/mol. The van der Waals surface area contributed by atoms with Crippen LogP contribution in [0.4, 0.5) is 0 Å². The summed E-state index contributed by atoms with van der Waals surface area (Å²) in [7, 11) is 0. The van der Waals surface area contributed by atoms with Crippen LogP contribution in [0.5, 0.6) is 0 Å². The molecule has 2 aliphatic rings. The summed E-state index contributed by atoms with van der Waals surface area (Å²) in [5.74, 6) is 2.12. The molecule has 0 aromatic rings. The Morgan fingerprint density at radius 1 is 1.14 bits per heavy atom. The fraction of sp³-hybridized carbons (Fsp3) is 1.00. The fourth-order valence-corrected chi connectivity index (χ4v) is 4.03. The standard InChI is InChI=1S/C18H35NO2/c1-14(2)17-8-7-15(3)11-18(17)21-13-16(20)12-19-9-5-4-6-10-19/h14-18,20H,4-13H2,1-3H3/t15-,16-,17+,18-/m1/s1. The van der Waals surface area contributed by atoms with Gasteiger partial charge in [-0.05, 0) is 56.5 Å². The number of likely N-dealkylation sites (tertiary alicyclic amines) is 1. The summed E-state index contributed by atoms with van der Waals surface area (Å²) in [4.78, 5) is 2.39. The highest BCUT2D eigenvalue weighted by molar-refractivity contribution is 4.82. The maximum Gasteiger partial charge on any atom is 0.0900 e. The van der Waals surface area contributed by atoms with Crippen molar-refractivity contribution in [3.63, 3.8) is 0 Å². The minimum atomic E-state index is -0.326. The highest BCUT2D eigenvalue weighted by Gasteiger charge is 2.31. The van der Waals surface area contributed by atoms with E-state index in [-0.39, 0.29) is 6.10 Å². The highest BCUT2D eigenvalue weighted by Crippen LogP contribution is 2.35. The van der Waals surface area contributed by atoms with Gasteiger partial charge in [-0.1, -0.05) is 33.6 Å². The second kappa shape index (κ2) is 8.50. The lowest BCUT2D eigenvalue weighted by molar-refractivity contribution is -0.0744. The first-order valence-electron chi connectivity index (χ1n) is 9.08. The molecule has 3 nitrogen and oxygen atoms in total. The van der Waals surface area contributed by atoms with E-state index >= 15 is 0 Å². The first kappa shape index (κ1) is 17.2. The zero-order chi connectivity index (χ0) is 15.2. The Morgan fingerprint density at radius 3 is 2.52 bits per heavy atom. The van der Waals surface area contributed by atoms with Crippen LogP contribution < -0.4 is 0 Å². The van der Waals surface area contributed by atoms with Gasteiger partial charge in [-0.2, -0.15) is 0 Å². The number of aliphatic hydroxyl groups excluding tert-OH is 1. The second-order valence-corrected chi connectivity index (χ2v) is 7.71. The maximum absolute atomic E-state index is 10.3. The third-order valence-corrected chi connectivity index (χ3v) is 5.38. The lowest BCUT2D eigenvalue weighted by Gasteiger charge is -2.38. The Morgan fingerprint density at radius 2 is 1.86 bits per heavy atom. The van der Waals surface area contributed by atoms with Crippen LogP contribution in [-0.4, -0.2) is 48.5 Å². The predicted octanol–water partition coefficient (Wildman–Crippen LogP) is 3.31. The summed E-state index contributed by atoms with van der Waals surface area (Å²) < 4.78 is 6.15. The van der Waals surface area contributed by atoms with E-state index in [0.717, 1.165) is 25.6 Å². The van der Waals surface area contributed by atoms with Gasteiger partial charge in [-0.15, -0.1) is 0 Å². The first-order valence-corrected chi connectivity index (χ1v) is 9.08. The fourth-order valence-electron chi connectivity index (χ4n) is 4.03. The molecule has 1 N–H and O–H groups in total. The normalized spacial score (nSPS) is 33.3. The highest BCUT2D eigenvalue weighted by atomic mass is 16.5. The molecular weight excluding hydrogens is 262 g/mol. The summed E-state index contributed by atoms with van der Waals surface area (Å²) in [5, 5.41) is 10.3. The van der Waals surface area contributed by atoms with E-state index in [4.69, 9.17) is 4.74 Å². The summed E-state index contributed by atoms with van der Waals surface area (Å²) in [6.07, 6.45) is 7.72. The molecule has 0 spiro atoms. The topological polar surface area (TPSA) is 32.7 Å². The third kappa shape index (κ3) is 5.54. The van der Waals surface area contributed by atoms with Crippen molar-refractivity contribution >= 4 is 0 Å². The van der Waals surface area contributed by atoms with Crippen molar-refractivity contribution in [2.24, 2.45) is 17.8 Å². The van der Waals surface area contributed by atoms with Crippen LogP contribution in [0, 0.1) is 17.8 Å². The van der Waals surface area contributed by atoms with Crippen LogP contribution in [0.3, 0.4) is 0 Å². The lowest BCUT2D eigenvalue weighted by Crippen LogP contribution is -2.40. The molecule has 124 valence electrons. The monoisotopic (exact) mass is 297 g/mol. The molecule has 21 heavy (non-hydrogen) atoms. The Hall–Kier alpha value is -0.120. The molecular formula is C18H35NO2. The van der Waals surface area contributed by atoms with E-state index in [2.05, 4.69) is 25.7 Å². The van der Waals surface area contributed by atoms with Gasteiger partial charge in [0.1, 0.15) is 0 Å². The van der Waals surface area contributed by atoms with Crippen molar-refractivity contribution < 1.29 is 9.84 Å². The number of hydrogen-bond donors (Lipinski definition) is 1. The molecule has 0 bridgehead atoms. The van der Waals surface area contributed by atoms with Crippen molar-refractivity contribution in [1.29, 1.82) is 0 Å². The molecule has 0 amide bonds. The van der Waals surface area contributed by atoms with Crippen molar-refractivity contribution in [1.82, 2.24) is 4.90 Å². The van der Waals surface area contributed by atoms with Gasteiger partial charge in [-0.3, -0.25) is 0 Å². The number of ether oxygens (including phenoxy) is 1. The van der Waals surface area contributed by atoms with E-state index in [1.54, 1.807) is 0 Å². The average Bonchev–Trinajstić information content (AvgIpc) is 2.46. The molecule has 1 heterocycles. The number of hydrogen-bond acceptors (Lipinski definition) is 3. The smallest absolute Gasteiger partial charge is 0.0900 e. The van der Waals surface area contributed by atoms with Gasteiger partial charge in [0.25, 0.3) is 0 Å². The summed E-state index contributed by atoms with van der Waals surface area (Å²) in [6.45, 7) is 10.5. The Labute approximate surface area is 131 Å². The van der Waals surface area contributed by atoms with Crippen LogP contribution in [0.15, 0.2) is 0 Å². The summed E-state index contributed by atoms with van der Waals surface area (Å²) in [5.41, 5.74) is 0. The third-order valence-electron chi connectivity index (χ3n) is 5.38. The van der Waals surface area contributed by atoms with Crippen LogP contribution in [0.25, 0.3) is 0 Å². The molecule has 2 rings (SSSR count). The van der Waals surface area contributed by atoms with E-state index < -0.39 is 0 Å². The SMILES string of the molecule is CC(C)[C@@H]1CC[C@@H](C)C[C@H]1OC[C@H](O)CN1CCCCC1. The average molecular weight is 297 g/mol. The largest absolute Gasteiger partial charge is 0.389 e. The first-order chi connectivity index (χ1) is 10.1. The van der Waals surface area contributed by atoms with Crippen LogP contribution in [0.2, 0.25) is 0 Å². The molecule has 0 unspecified atom stereocenters. The van der Waals surface area contributed by atoms with Gasteiger partial charge >= 0.3 is 0 Å². The van der Waals surface area contributed by atoms with Gasteiger partial charge < -0.3 is 14.7 Å². The van der Waals surface area contributed by atoms with E-state index in [9.17, 15) is 5.11 Å². The number of nitrogens with zero attached hydrogens (tertiary/aromatic N) is 1. The number of rotatable bonds is 6. The Kier molecular flexibility index (Phi) is 6.97. The molecule has 0 aromatic carbocycles. The number of β-amino-alcohol motifs (C(OH)–C–C–N with tert-alkyl or cyclic N) is 1. The molecule has 2 fully saturated rings. The quantitative estimate of drug-likeness (QED) is 0.816. The molecule has 1 aliphatic carbocycles. The molecule has 0 radical (unpaired) electrons. The zero-order valence-electron chi connectivity index (χ0n) is 14.3.